The zero-order valence-corrected chi connectivity index (χ0v) is 10.9. The van der Waals surface area contributed by atoms with E-state index in [2.05, 4.69) is 0 Å². The van der Waals surface area contributed by atoms with Gasteiger partial charge in [0.15, 0.2) is 11.6 Å². The Balaban J connectivity index is 2.49. The van der Waals surface area contributed by atoms with E-state index < -0.39 is 17.5 Å². The van der Waals surface area contributed by atoms with Gasteiger partial charge in [0.05, 0.1) is 5.02 Å². The van der Waals surface area contributed by atoms with Crippen molar-refractivity contribution in [3.63, 3.8) is 0 Å². The van der Waals surface area contributed by atoms with Gasteiger partial charge >= 0.3 is 5.97 Å². The zero-order valence-electron chi connectivity index (χ0n) is 9.36. The molecule has 0 saturated carbocycles. The normalized spacial score (nSPS) is 10.3. The van der Waals surface area contributed by atoms with Gasteiger partial charge in [0.1, 0.15) is 11.3 Å². The van der Waals surface area contributed by atoms with Crippen LogP contribution in [0.25, 0.3) is 0 Å². The number of aromatic carboxylic acids is 1. The van der Waals surface area contributed by atoms with Gasteiger partial charge in [-0.25, -0.2) is 9.18 Å². The van der Waals surface area contributed by atoms with Gasteiger partial charge in [-0.1, -0.05) is 29.3 Å². The van der Waals surface area contributed by atoms with Crippen LogP contribution in [0.3, 0.4) is 0 Å². The van der Waals surface area contributed by atoms with Crippen LogP contribution in [0, 0.1) is 5.82 Å². The number of carboxylic acid groups (broad SMARTS) is 1. The highest BCUT2D eigenvalue weighted by Crippen LogP contribution is 2.34. The Bertz CT molecular complexity index is 644. The number of carboxylic acids is 1. The molecule has 0 fully saturated rings. The number of rotatable bonds is 3. The fraction of sp³-hybridized carbons (Fsp3) is 0. The molecule has 0 amide bonds. The van der Waals surface area contributed by atoms with Crippen LogP contribution in [0.15, 0.2) is 36.4 Å². The largest absolute Gasteiger partial charge is 0.478 e. The molecule has 2 aromatic rings. The lowest BCUT2D eigenvalue weighted by molar-refractivity contribution is 0.0693. The Morgan fingerprint density at radius 3 is 2.63 bits per heavy atom. The lowest BCUT2D eigenvalue weighted by Crippen LogP contribution is -2.02. The average Bonchev–Trinajstić information content (AvgIpc) is 2.35. The summed E-state index contributed by atoms with van der Waals surface area (Å²) in [6.07, 6.45) is 0. The molecule has 0 saturated heterocycles. The van der Waals surface area contributed by atoms with E-state index in [4.69, 9.17) is 33.0 Å². The Morgan fingerprint density at radius 1 is 1.21 bits per heavy atom. The standard InChI is InChI=1S/C13H7Cl2FO3/c14-7-4-5-9(15)11(6-7)19-12-8(13(17)18)2-1-3-10(12)16/h1-6H,(H,17,18). The van der Waals surface area contributed by atoms with E-state index in [1.807, 2.05) is 0 Å². The molecule has 2 rings (SSSR count). The van der Waals surface area contributed by atoms with Crippen LogP contribution < -0.4 is 4.74 Å². The summed E-state index contributed by atoms with van der Waals surface area (Å²) in [4.78, 5) is 11.0. The van der Waals surface area contributed by atoms with E-state index >= 15 is 0 Å². The highest BCUT2D eigenvalue weighted by atomic mass is 35.5. The number of ether oxygens (including phenoxy) is 1. The minimum atomic E-state index is -1.30. The van der Waals surface area contributed by atoms with E-state index in [9.17, 15) is 9.18 Å². The predicted molar refractivity (Wildman–Crippen MR) is 69.9 cm³/mol. The maximum atomic E-state index is 13.7. The summed E-state index contributed by atoms with van der Waals surface area (Å²) in [6, 6.07) is 8.00. The minimum absolute atomic E-state index is 0.0850. The van der Waals surface area contributed by atoms with E-state index in [-0.39, 0.29) is 16.3 Å². The second kappa shape index (κ2) is 5.47. The Kier molecular flexibility index (Phi) is 3.93. The number of para-hydroxylation sites is 1. The molecule has 6 heteroatoms. The highest BCUT2D eigenvalue weighted by Gasteiger charge is 2.17. The number of hydrogen-bond donors (Lipinski definition) is 1. The molecule has 98 valence electrons. The van der Waals surface area contributed by atoms with Gasteiger partial charge in [0.25, 0.3) is 0 Å². The summed E-state index contributed by atoms with van der Waals surface area (Å²) in [5.41, 5.74) is -0.295. The fourth-order valence-corrected chi connectivity index (χ4v) is 1.76. The van der Waals surface area contributed by atoms with Crippen LogP contribution in [-0.2, 0) is 0 Å². The van der Waals surface area contributed by atoms with Crippen molar-refractivity contribution >= 4 is 29.2 Å². The van der Waals surface area contributed by atoms with Crippen LogP contribution >= 0.6 is 23.2 Å². The van der Waals surface area contributed by atoms with Gasteiger partial charge < -0.3 is 9.84 Å². The lowest BCUT2D eigenvalue weighted by Gasteiger charge is -2.11. The second-order valence-corrected chi connectivity index (χ2v) is 4.44. The monoisotopic (exact) mass is 300 g/mol. The molecule has 0 bridgehead atoms. The number of halogens is 3. The van der Waals surface area contributed by atoms with Crippen molar-refractivity contribution in [2.45, 2.75) is 0 Å². The van der Waals surface area contributed by atoms with Gasteiger partial charge in [0, 0.05) is 11.1 Å². The van der Waals surface area contributed by atoms with Crippen molar-refractivity contribution in [2.24, 2.45) is 0 Å². The molecule has 1 N–H and O–H groups in total. The molecule has 0 unspecified atom stereocenters. The SMILES string of the molecule is O=C(O)c1cccc(F)c1Oc1cc(Cl)ccc1Cl. The molecule has 0 aliphatic heterocycles. The Morgan fingerprint density at radius 2 is 1.95 bits per heavy atom. The maximum absolute atomic E-state index is 13.7. The van der Waals surface area contributed by atoms with Gasteiger partial charge in [0.2, 0.25) is 0 Å². The van der Waals surface area contributed by atoms with Crippen molar-refractivity contribution in [1.82, 2.24) is 0 Å². The molecule has 0 aliphatic rings. The second-order valence-electron chi connectivity index (χ2n) is 3.60. The molecule has 2 aromatic carbocycles. The van der Waals surface area contributed by atoms with Crippen LogP contribution in [0.5, 0.6) is 11.5 Å². The van der Waals surface area contributed by atoms with Crippen molar-refractivity contribution in [3.8, 4) is 11.5 Å². The minimum Gasteiger partial charge on any atom is -0.478 e. The first-order valence-corrected chi connectivity index (χ1v) is 5.89. The van der Waals surface area contributed by atoms with Crippen LogP contribution in [-0.4, -0.2) is 11.1 Å². The molecule has 0 aliphatic carbocycles. The van der Waals surface area contributed by atoms with Crippen molar-refractivity contribution in [1.29, 1.82) is 0 Å². The number of hydrogen-bond acceptors (Lipinski definition) is 2. The fourth-order valence-electron chi connectivity index (χ4n) is 1.45. The Labute approximate surface area is 118 Å². The summed E-state index contributed by atoms with van der Waals surface area (Å²) in [7, 11) is 0. The summed E-state index contributed by atoms with van der Waals surface area (Å²) < 4.78 is 18.9. The smallest absolute Gasteiger partial charge is 0.339 e. The zero-order chi connectivity index (χ0) is 14.0. The molecular weight excluding hydrogens is 294 g/mol. The van der Waals surface area contributed by atoms with E-state index in [1.54, 1.807) is 0 Å². The van der Waals surface area contributed by atoms with Crippen LogP contribution in [0.1, 0.15) is 10.4 Å². The summed E-state index contributed by atoms with van der Waals surface area (Å²) in [5.74, 6) is -2.41. The quantitative estimate of drug-likeness (QED) is 0.899. The van der Waals surface area contributed by atoms with E-state index in [0.717, 1.165) is 6.07 Å². The first kappa shape index (κ1) is 13.6. The average molecular weight is 301 g/mol. The van der Waals surface area contributed by atoms with Gasteiger partial charge in [-0.3, -0.25) is 0 Å². The first-order valence-electron chi connectivity index (χ1n) is 5.13. The van der Waals surface area contributed by atoms with Crippen molar-refractivity contribution in [3.05, 3.63) is 57.8 Å². The third kappa shape index (κ3) is 2.97. The van der Waals surface area contributed by atoms with Crippen molar-refractivity contribution < 1.29 is 19.0 Å². The molecule has 0 heterocycles. The molecule has 0 radical (unpaired) electrons. The van der Waals surface area contributed by atoms with Gasteiger partial charge in [-0.15, -0.1) is 0 Å². The van der Waals surface area contributed by atoms with Crippen molar-refractivity contribution in [2.75, 3.05) is 0 Å². The third-order valence-electron chi connectivity index (χ3n) is 2.30. The topological polar surface area (TPSA) is 46.5 Å². The summed E-state index contributed by atoms with van der Waals surface area (Å²) >= 11 is 11.7. The van der Waals surface area contributed by atoms with E-state index in [0.29, 0.717) is 5.02 Å². The molecule has 0 spiro atoms. The Hall–Kier alpha value is -1.78. The molecule has 0 atom stereocenters. The predicted octanol–water partition coefficient (Wildman–Crippen LogP) is 4.62. The summed E-state index contributed by atoms with van der Waals surface area (Å²) in [6.45, 7) is 0. The molecule has 0 aromatic heterocycles. The first-order chi connectivity index (χ1) is 8.99. The lowest BCUT2D eigenvalue weighted by atomic mass is 10.2. The number of carbonyl (C=O) groups is 1. The molecular formula is C13H7Cl2FO3. The maximum Gasteiger partial charge on any atom is 0.339 e. The van der Waals surface area contributed by atoms with E-state index in [1.165, 1.54) is 30.3 Å². The van der Waals surface area contributed by atoms with Gasteiger partial charge in [-0.2, -0.15) is 0 Å². The van der Waals surface area contributed by atoms with Crippen LogP contribution in [0.2, 0.25) is 10.0 Å². The molecule has 3 nitrogen and oxygen atoms in total. The summed E-state index contributed by atoms with van der Waals surface area (Å²) in [5, 5.41) is 9.52. The van der Waals surface area contributed by atoms with Crippen LogP contribution in [0.4, 0.5) is 4.39 Å². The molecule has 19 heavy (non-hydrogen) atoms. The third-order valence-corrected chi connectivity index (χ3v) is 2.85. The highest BCUT2D eigenvalue weighted by molar-refractivity contribution is 6.34. The number of benzene rings is 2. The van der Waals surface area contributed by atoms with Gasteiger partial charge in [-0.05, 0) is 24.3 Å².